The van der Waals surface area contributed by atoms with E-state index >= 15 is 0 Å². The van der Waals surface area contributed by atoms with Crippen molar-refractivity contribution in [1.29, 1.82) is 0 Å². The van der Waals surface area contributed by atoms with Gasteiger partial charge in [0.05, 0.1) is 21.0 Å². The molecule has 0 saturated carbocycles. The first-order valence-corrected chi connectivity index (χ1v) is 10.6. The van der Waals surface area contributed by atoms with Gasteiger partial charge in [0.25, 0.3) is 10.1 Å². The fraction of sp³-hybridized carbons (Fsp3) is 0.235. The second kappa shape index (κ2) is 7.31. The highest BCUT2D eigenvalue weighted by molar-refractivity contribution is 9.10. The van der Waals surface area contributed by atoms with Crippen LogP contribution in [0.3, 0.4) is 0 Å². The lowest BCUT2D eigenvalue weighted by Gasteiger charge is -2.14. The van der Waals surface area contributed by atoms with Crippen LogP contribution in [-0.4, -0.2) is 23.2 Å². The maximum Gasteiger partial charge on any atom is 0.268 e. The molecule has 0 aliphatic rings. The molecule has 3 aromatic rings. The Balaban J connectivity index is 1.73. The first-order chi connectivity index (χ1) is 11.4. The van der Waals surface area contributed by atoms with E-state index in [9.17, 15) is 13.0 Å². The van der Waals surface area contributed by atoms with Gasteiger partial charge in [-0.15, -0.1) is 11.3 Å². The monoisotopic (exact) mass is 425 g/mol. The molecule has 1 N–H and O–H groups in total. The van der Waals surface area contributed by atoms with E-state index in [0.717, 1.165) is 25.8 Å². The number of rotatable bonds is 6. The molecule has 2 aromatic carbocycles. The molecule has 3 rings (SSSR count). The van der Waals surface area contributed by atoms with Gasteiger partial charge in [-0.05, 0) is 54.7 Å². The Morgan fingerprint density at radius 3 is 2.54 bits per heavy atom. The maximum atomic E-state index is 11.7. The number of aromatic nitrogens is 1. The van der Waals surface area contributed by atoms with Crippen molar-refractivity contribution in [3.63, 3.8) is 0 Å². The molecule has 0 aliphatic heterocycles. The molecule has 24 heavy (non-hydrogen) atoms. The summed E-state index contributed by atoms with van der Waals surface area (Å²) in [7, 11) is -4.10. The van der Waals surface area contributed by atoms with Crippen molar-refractivity contribution in [1.82, 2.24) is 4.98 Å². The van der Waals surface area contributed by atoms with Gasteiger partial charge in [-0.3, -0.25) is 4.55 Å². The summed E-state index contributed by atoms with van der Waals surface area (Å²) in [6, 6.07) is 13.4. The molecule has 0 aliphatic carbocycles. The number of nitrogens with zero attached hydrogens (tertiary/aromatic N) is 1. The van der Waals surface area contributed by atoms with Gasteiger partial charge in [-0.1, -0.05) is 34.1 Å². The number of benzene rings is 2. The van der Waals surface area contributed by atoms with Crippen molar-refractivity contribution in [2.45, 2.75) is 24.5 Å². The Morgan fingerprint density at radius 2 is 1.83 bits per heavy atom. The quantitative estimate of drug-likeness (QED) is 0.590. The van der Waals surface area contributed by atoms with Crippen molar-refractivity contribution >= 4 is 47.6 Å². The highest BCUT2D eigenvalue weighted by Crippen LogP contribution is 2.22. The fourth-order valence-electron chi connectivity index (χ4n) is 2.63. The van der Waals surface area contributed by atoms with Gasteiger partial charge < -0.3 is 0 Å². The molecule has 0 amide bonds. The number of thiazole rings is 1. The molecule has 126 valence electrons. The van der Waals surface area contributed by atoms with Gasteiger partial charge in [0.2, 0.25) is 0 Å². The highest BCUT2D eigenvalue weighted by Gasteiger charge is 2.23. The molecule has 1 unspecified atom stereocenters. The molecule has 0 saturated heterocycles. The van der Waals surface area contributed by atoms with Crippen molar-refractivity contribution in [2.75, 3.05) is 0 Å². The number of aryl methyl sites for hydroxylation is 1. The summed E-state index contributed by atoms with van der Waals surface area (Å²) in [4.78, 5) is 4.28. The third kappa shape index (κ3) is 4.42. The summed E-state index contributed by atoms with van der Waals surface area (Å²) in [5.41, 5.74) is 4.63. The van der Waals surface area contributed by atoms with E-state index in [1.165, 1.54) is 0 Å². The zero-order valence-corrected chi connectivity index (χ0v) is 15.9. The van der Waals surface area contributed by atoms with Gasteiger partial charge in [0, 0.05) is 4.47 Å². The van der Waals surface area contributed by atoms with Crippen molar-refractivity contribution in [3.8, 4) is 0 Å². The Morgan fingerprint density at radius 1 is 1.12 bits per heavy atom. The summed E-state index contributed by atoms with van der Waals surface area (Å²) in [6.45, 7) is 0. The van der Waals surface area contributed by atoms with E-state index in [0.29, 0.717) is 19.3 Å². The van der Waals surface area contributed by atoms with Crippen LogP contribution >= 0.6 is 27.3 Å². The Kier molecular flexibility index (Phi) is 5.34. The average Bonchev–Trinajstić information content (AvgIpc) is 2.99. The SMILES string of the molecule is O=S(=O)(O)C(CCc1ccc2scnc2c1)Cc1ccc(Br)cc1. The van der Waals surface area contributed by atoms with Gasteiger partial charge in [-0.2, -0.15) is 8.42 Å². The van der Waals surface area contributed by atoms with Gasteiger partial charge in [0.15, 0.2) is 0 Å². The van der Waals surface area contributed by atoms with E-state index in [4.69, 9.17) is 0 Å². The van der Waals surface area contributed by atoms with Crippen molar-refractivity contribution < 1.29 is 13.0 Å². The average molecular weight is 426 g/mol. The van der Waals surface area contributed by atoms with Crippen LogP contribution in [0.15, 0.2) is 52.4 Å². The number of hydrogen-bond acceptors (Lipinski definition) is 4. The van der Waals surface area contributed by atoms with Crippen LogP contribution in [0, 0.1) is 0 Å². The number of fused-ring (bicyclic) bond motifs is 1. The summed E-state index contributed by atoms with van der Waals surface area (Å²) in [6.07, 6.45) is 1.24. The number of hydrogen-bond donors (Lipinski definition) is 1. The Bertz CT molecular complexity index is 936. The van der Waals surface area contributed by atoms with Crippen molar-refractivity contribution in [2.24, 2.45) is 0 Å². The molecule has 0 spiro atoms. The van der Waals surface area contributed by atoms with Crippen LogP contribution in [0.4, 0.5) is 0 Å². The molecule has 1 atom stereocenters. The first kappa shape index (κ1) is 17.5. The third-order valence-corrected chi connectivity index (χ3v) is 6.53. The molecule has 1 heterocycles. The van der Waals surface area contributed by atoms with Crippen LogP contribution in [-0.2, 0) is 23.0 Å². The highest BCUT2D eigenvalue weighted by atomic mass is 79.9. The summed E-state index contributed by atoms with van der Waals surface area (Å²) < 4.78 is 35.1. The van der Waals surface area contributed by atoms with Crippen LogP contribution in [0.1, 0.15) is 17.5 Å². The van der Waals surface area contributed by atoms with E-state index in [1.54, 1.807) is 16.8 Å². The minimum absolute atomic E-state index is 0.297. The van der Waals surface area contributed by atoms with Crippen LogP contribution < -0.4 is 0 Å². The van der Waals surface area contributed by atoms with Crippen LogP contribution in [0.25, 0.3) is 10.2 Å². The van der Waals surface area contributed by atoms with Crippen LogP contribution in [0.5, 0.6) is 0 Å². The molecular weight excluding hydrogens is 410 g/mol. The lowest BCUT2D eigenvalue weighted by atomic mass is 10.0. The van der Waals surface area contributed by atoms with E-state index < -0.39 is 15.4 Å². The Hall–Kier alpha value is -1.28. The van der Waals surface area contributed by atoms with E-state index in [2.05, 4.69) is 20.9 Å². The minimum atomic E-state index is -4.10. The third-order valence-electron chi connectivity index (χ3n) is 3.95. The second-order valence-electron chi connectivity index (χ2n) is 5.66. The molecule has 0 radical (unpaired) electrons. The summed E-state index contributed by atoms with van der Waals surface area (Å²) in [5, 5.41) is -0.815. The van der Waals surface area contributed by atoms with Gasteiger partial charge in [-0.25, -0.2) is 4.98 Å². The smallest absolute Gasteiger partial charge is 0.268 e. The van der Waals surface area contributed by atoms with Gasteiger partial charge >= 0.3 is 0 Å². The number of halogens is 1. The zero-order chi connectivity index (χ0) is 17.2. The van der Waals surface area contributed by atoms with E-state index in [1.807, 2.05) is 42.5 Å². The molecule has 4 nitrogen and oxygen atoms in total. The molecule has 0 bridgehead atoms. The van der Waals surface area contributed by atoms with Gasteiger partial charge in [0.1, 0.15) is 0 Å². The normalized spacial score (nSPS) is 13.2. The minimum Gasteiger partial charge on any atom is -0.285 e. The second-order valence-corrected chi connectivity index (χ2v) is 9.16. The standard InChI is InChI=1S/C17H16BrNO3S2/c18-14-5-1-12(2-6-14)9-15(24(20,21)22)7-3-13-4-8-17-16(10-13)19-11-23-17/h1-2,4-6,8,10-11,15H,3,7,9H2,(H,20,21,22). The maximum absolute atomic E-state index is 11.7. The summed E-state index contributed by atoms with van der Waals surface area (Å²) >= 11 is 4.93. The lowest BCUT2D eigenvalue weighted by Crippen LogP contribution is -2.24. The topological polar surface area (TPSA) is 67.3 Å². The van der Waals surface area contributed by atoms with Crippen molar-refractivity contribution in [3.05, 3.63) is 63.6 Å². The van der Waals surface area contributed by atoms with Crippen LogP contribution in [0.2, 0.25) is 0 Å². The molecular formula is C17H16BrNO3S2. The summed E-state index contributed by atoms with van der Waals surface area (Å²) in [5.74, 6) is 0. The molecule has 0 fully saturated rings. The Labute approximate surface area is 153 Å². The lowest BCUT2D eigenvalue weighted by molar-refractivity contribution is 0.460. The van der Waals surface area contributed by atoms with E-state index in [-0.39, 0.29) is 0 Å². The first-order valence-electron chi connectivity index (χ1n) is 7.45. The zero-order valence-electron chi connectivity index (χ0n) is 12.7. The molecule has 7 heteroatoms. The molecule has 1 aromatic heterocycles. The predicted octanol–water partition coefficient (Wildman–Crippen LogP) is 4.49. The predicted molar refractivity (Wildman–Crippen MR) is 101 cm³/mol. The largest absolute Gasteiger partial charge is 0.285 e. The fourth-order valence-corrected chi connectivity index (χ4v) is 4.37.